The van der Waals surface area contributed by atoms with Crippen molar-refractivity contribution in [2.75, 3.05) is 6.61 Å². The van der Waals surface area contributed by atoms with Crippen molar-refractivity contribution in [3.05, 3.63) is 35.4 Å². The highest BCUT2D eigenvalue weighted by atomic mass is 19.4. The third-order valence-electron chi connectivity index (χ3n) is 3.24. The van der Waals surface area contributed by atoms with E-state index in [-0.39, 0.29) is 0 Å². The Bertz CT molecular complexity index is 473. The smallest absolute Gasteiger partial charge is 0.342 e. The van der Waals surface area contributed by atoms with Crippen molar-refractivity contribution >= 4 is 0 Å². The van der Waals surface area contributed by atoms with Crippen molar-refractivity contribution in [2.24, 2.45) is 0 Å². The van der Waals surface area contributed by atoms with Gasteiger partial charge in [-0.1, -0.05) is 38.1 Å². The predicted octanol–water partition coefficient (Wildman–Crippen LogP) is 3.39. The van der Waals surface area contributed by atoms with Gasteiger partial charge in [0.15, 0.2) is 6.29 Å². The second-order valence-corrected chi connectivity index (χ2v) is 5.14. The van der Waals surface area contributed by atoms with Crippen LogP contribution in [-0.4, -0.2) is 24.3 Å². The zero-order valence-corrected chi connectivity index (χ0v) is 11.0. The lowest BCUT2D eigenvalue weighted by Gasteiger charge is -2.42. The molecule has 2 unspecified atom stereocenters. The molecule has 1 aliphatic heterocycles. The summed E-state index contributed by atoms with van der Waals surface area (Å²) in [6.45, 7) is 1.99. The van der Waals surface area contributed by atoms with Gasteiger partial charge in [0.05, 0.1) is 0 Å². The number of ether oxygens (including phenoxy) is 2. The first-order chi connectivity index (χ1) is 9.25. The summed E-state index contributed by atoms with van der Waals surface area (Å²) in [6.07, 6.45) is -6.81. The van der Waals surface area contributed by atoms with E-state index >= 15 is 0 Å². The van der Waals surface area contributed by atoms with Gasteiger partial charge >= 0.3 is 6.18 Å². The van der Waals surface area contributed by atoms with Crippen LogP contribution in [0.1, 0.15) is 31.3 Å². The molecule has 2 atom stereocenters. The highest BCUT2D eigenvalue weighted by Crippen LogP contribution is 2.42. The summed E-state index contributed by atoms with van der Waals surface area (Å²) >= 11 is 0. The number of fused-ring (bicyclic) bond motifs is 1. The molecular formula is C13H15F3O4. The van der Waals surface area contributed by atoms with Gasteiger partial charge in [-0.25, -0.2) is 10.1 Å². The molecule has 1 aromatic rings. The highest BCUT2D eigenvalue weighted by Gasteiger charge is 2.44. The fourth-order valence-corrected chi connectivity index (χ4v) is 2.27. The van der Waals surface area contributed by atoms with Gasteiger partial charge in [-0.15, -0.1) is 0 Å². The van der Waals surface area contributed by atoms with Crippen LogP contribution in [0.5, 0.6) is 0 Å². The molecule has 0 aliphatic carbocycles. The highest BCUT2D eigenvalue weighted by molar-refractivity contribution is 5.36. The van der Waals surface area contributed by atoms with Crippen LogP contribution in [0.15, 0.2) is 24.3 Å². The fourth-order valence-electron chi connectivity index (χ4n) is 2.27. The van der Waals surface area contributed by atoms with Gasteiger partial charge in [-0.3, -0.25) is 0 Å². The normalized spacial score (nSPS) is 25.3. The Morgan fingerprint density at radius 3 is 2.55 bits per heavy atom. The van der Waals surface area contributed by atoms with Crippen molar-refractivity contribution in [3.8, 4) is 0 Å². The van der Waals surface area contributed by atoms with E-state index in [1.807, 2.05) is 0 Å². The van der Waals surface area contributed by atoms with Gasteiger partial charge < -0.3 is 9.47 Å². The summed E-state index contributed by atoms with van der Waals surface area (Å²) in [5.74, 6) is 0. The number of halogens is 3. The average Bonchev–Trinajstić information content (AvgIpc) is 2.37. The van der Waals surface area contributed by atoms with Gasteiger partial charge in [0.25, 0.3) is 0 Å². The third-order valence-corrected chi connectivity index (χ3v) is 3.24. The minimum Gasteiger partial charge on any atom is -0.342 e. The van der Waals surface area contributed by atoms with Crippen LogP contribution in [0.2, 0.25) is 0 Å². The van der Waals surface area contributed by atoms with E-state index in [4.69, 9.17) is 14.7 Å². The van der Waals surface area contributed by atoms with Crippen LogP contribution in [0.25, 0.3) is 0 Å². The van der Waals surface area contributed by atoms with Crippen molar-refractivity contribution in [1.82, 2.24) is 0 Å². The lowest BCUT2D eigenvalue weighted by Crippen LogP contribution is -2.45. The van der Waals surface area contributed by atoms with Crippen LogP contribution in [0.3, 0.4) is 0 Å². The quantitative estimate of drug-likeness (QED) is 0.685. The third kappa shape index (κ3) is 2.95. The average molecular weight is 292 g/mol. The summed E-state index contributed by atoms with van der Waals surface area (Å²) in [5.41, 5.74) is 0.459. The van der Waals surface area contributed by atoms with Crippen LogP contribution >= 0.6 is 0 Å². The molecule has 0 bridgehead atoms. The number of benzene rings is 1. The number of alkyl halides is 3. The molecular weight excluding hydrogens is 277 g/mol. The molecule has 0 aromatic heterocycles. The van der Waals surface area contributed by atoms with Gasteiger partial charge in [0.1, 0.15) is 6.61 Å². The first-order valence-corrected chi connectivity index (χ1v) is 5.99. The molecule has 1 aliphatic rings. The molecule has 2 rings (SSSR count). The largest absolute Gasteiger partial charge is 0.411 e. The standard InChI is InChI=1S/C13H15F3O4/c1-12(2)9-6-4-3-5-8(9)10(20-17)19-11(12)18-7-13(14,15)16/h3-6,10-11,17H,7H2,1-2H3. The molecule has 0 radical (unpaired) electrons. The Balaban J connectivity index is 2.28. The maximum atomic E-state index is 12.3. The Morgan fingerprint density at radius 2 is 1.95 bits per heavy atom. The van der Waals surface area contributed by atoms with Crippen molar-refractivity contribution in [2.45, 2.75) is 38.0 Å². The molecule has 20 heavy (non-hydrogen) atoms. The molecule has 112 valence electrons. The first kappa shape index (κ1) is 15.2. The Hall–Kier alpha value is -1.15. The molecule has 1 N–H and O–H groups in total. The van der Waals surface area contributed by atoms with E-state index in [0.717, 1.165) is 0 Å². The second-order valence-electron chi connectivity index (χ2n) is 5.14. The van der Waals surface area contributed by atoms with E-state index in [1.54, 1.807) is 38.1 Å². The summed E-state index contributed by atoms with van der Waals surface area (Å²) in [5, 5.41) is 8.85. The molecule has 0 amide bonds. The Labute approximate surface area is 114 Å². The summed E-state index contributed by atoms with van der Waals surface area (Å²) in [7, 11) is 0. The summed E-state index contributed by atoms with van der Waals surface area (Å²) in [6, 6.07) is 6.90. The minimum atomic E-state index is -4.45. The maximum Gasteiger partial charge on any atom is 0.411 e. The zero-order valence-electron chi connectivity index (χ0n) is 11.0. The fraction of sp³-hybridized carbons (Fsp3) is 0.538. The van der Waals surface area contributed by atoms with Crippen LogP contribution in [0, 0.1) is 0 Å². The van der Waals surface area contributed by atoms with Crippen LogP contribution < -0.4 is 0 Å². The number of hydrogen-bond acceptors (Lipinski definition) is 4. The molecule has 0 spiro atoms. The first-order valence-electron chi connectivity index (χ1n) is 5.99. The Kier molecular flexibility index (Phi) is 4.06. The molecule has 0 fully saturated rings. The van der Waals surface area contributed by atoms with E-state index in [9.17, 15) is 13.2 Å². The van der Waals surface area contributed by atoms with Crippen molar-refractivity contribution < 1.29 is 32.8 Å². The summed E-state index contributed by atoms with van der Waals surface area (Å²) in [4.78, 5) is 4.19. The van der Waals surface area contributed by atoms with Crippen LogP contribution in [-0.2, 0) is 19.8 Å². The van der Waals surface area contributed by atoms with Gasteiger partial charge in [-0.2, -0.15) is 13.2 Å². The van der Waals surface area contributed by atoms with E-state index < -0.39 is 30.8 Å². The van der Waals surface area contributed by atoms with Gasteiger partial charge in [0.2, 0.25) is 6.29 Å². The maximum absolute atomic E-state index is 12.3. The van der Waals surface area contributed by atoms with E-state index in [0.29, 0.717) is 11.1 Å². The van der Waals surface area contributed by atoms with Gasteiger partial charge in [-0.05, 0) is 5.56 Å². The van der Waals surface area contributed by atoms with Crippen molar-refractivity contribution in [3.63, 3.8) is 0 Å². The SMILES string of the molecule is CC1(C)c2ccccc2C(OO)OC1OCC(F)(F)F. The van der Waals surface area contributed by atoms with E-state index in [2.05, 4.69) is 4.89 Å². The number of hydrogen-bond donors (Lipinski definition) is 1. The minimum absolute atomic E-state index is 0.562. The van der Waals surface area contributed by atoms with E-state index in [1.165, 1.54) is 0 Å². The van der Waals surface area contributed by atoms with Crippen LogP contribution in [0.4, 0.5) is 13.2 Å². The lowest BCUT2D eigenvalue weighted by atomic mass is 9.79. The molecule has 0 saturated carbocycles. The zero-order chi connectivity index (χ0) is 15.0. The lowest BCUT2D eigenvalue weighted by molar-refractivity contribution is -0.395. The van der Waals surface area contributed by atoms with Crippen molar-refractivity contribution in [1.29, 1.82) is 0 Å². The molecule has 7 heteroatoms. The topological polar surface area (TPSA) is 47.9 Å². The predicted molar refractivity (Wildman–Crippen MR) is 62.8 cm³/mol. The molecule has 1 aromatic carbocycles. The Morgan fingerprint density at radius 1 is 1.30 bits per heavy atom. The molecule has 4 nitrogen and oxygen atoms in total. The second kappa shape index (κ2) is 5.33. The molecule has 1 heterocycles. The number of rotatable bonds is 3. The summed E-state index contributed by atoms with van der Waals surface area (Å²) < 4.78 is 46.9. The molecule has 0 saturated heterocycles. The van der Waals surface area contributed by atoms with Gasteiger partial charge in [0, 0.05) is 11.0 Å². The monoisotopic (exact) mass is 292 g/mol.